The largest absolute Gasteiger partial charge is 0.398 e. The number of nitrogens with two attached hydrogens (primary N) is 1. The fraction of sp³-hybridized carbons (Fsp3) is 0.500. The van der Waals surface area contributed by atoms with Crippen LogP contribution in [0.5, 0.6) is 0 Å². The predicted molar refractivity (Wildman–Crippen MR) is 69.4 cm³/mol. The Balaban J connectivity index is 2.07. The Labute approximate surface area is 105 Å². The lowest BCUT2D eigenvalue weighted by atomic mass is 10.0. The van der Waals surface area contributed by atoms with E-state index in [2.05, 4.69) is 5.32 Å². The van der Waals surface area contributed by atoms with Crippen LogP contribution < -0.4 is 11.1 Å². The highest BCUT2D eigenvalue weighted by Crippen LogP contribution is 2.30. The van der Waals surface area contributed by atoms with E-state index < -0.39 is 10.5 Å². The molecular formula is C12H17N3O3. The van der Waals surface area contributed by atoms with Crippen LogP contribution in [0.15, 0.2) is 18.2 Å². The fourth-order valence-electron chi connectivity index (χ4n) is 2.32. The summed E-state index contributed by atoms with van der Waals surface area (Å²) < 4.78 is 0. The Morgan fingerprint density at radius 3 is 2.67 bits per heavy atom. The first-order chi connectivity index (χ1) is 8.48. The van der Waals surface area contributed by atoms with Gasteiger partial charge in [0, 0.05) is 30.1 Å². The topological polar surface area (TPSA) is 101 Å². The Morgan fingerprint density at radius 1 is 1.39 bits per heavy atom. The smallest absolute Gasteiger partial charge is 0.273 e. The molecule has 0 radical (unpaired) electrons. The molecule has 1 saturated carbocycles. The molecule has 18 heavy (non-hydrogen) atoms. The molecule has 1 aliphatic rings. The van der Waals surface area contributed by atoms with Crippen LogP contribution in [-0.4, -0.2) is 22.2 Å². The minimum atomic E-state index is -0.695. The molecule has 1 aliphatic carbocycles. The van der Waals surface area contributed by atoms with Crippen molar-refractivity contribution in [3.8, 4) is 0 Å². The van der Waals surface area contributed by atoms with E-state index in [9.17, 15) is 15.2 Å². The maximum absolute atomic E-state index is 10.7. The second-order valence-electron chi connectivity index (χ2n) is 4.86. The van der Waals surface area contributed by atoms with E-state index >= 15 is 0 Å². The average Bonchev–Trinajstić information content (AvgIpc) is 2.73. The van der Waals surface area contributed by atoms with Crippen LogP contribution >= 0.6 is 0 Å². The Morgan fingerprint density at radius 2 is 2.06 bits per heavy atom. The van der Waals surface area contributed by atoms with Gasteiger partial charge in [-0.15, -0.1) is 0 Å². The molecule has 2 rings (SSSR count). The first kappa shape index (κ1) is 12.6. The van der Waals surface area contributed by atoms with Crippen LogP contribution in [0.25, 0.3) is 0 Å². The number of benzene rings is 1. The maximum atomic E-state index is 10.7. The van der Waals surface area contributed by atoms with E-state index in [0.717, 1.165) is 25.7 Å². The van der Waals surface area contributed by atoms with Crippen LogP contribution in [0.3, 0.4) is 0 Å². The van der Waals surface area contributed by atoms with Crippen molar-refractivity contribution in [1.29, 1.82) is 0 Å². The summed E-state index contributed by atoms with van der Waals surface area (Å²) >= 11 is 0. The van der Waals surface area contributed by atoms with Gasteiger partial charge in [-0.3, -0.25) is 10.1 Å². The summed E-state index contributed by atoms with van der Waals surface area (Å²) in [6.07, 6.45) is 3.58. The normalized spacial score (nSPS) is 17.6. The van der Waals surface area contributed by atoms with Crippen LogP contribution in [0.1, 0.15) is 25.7 Å². The summed E-state index contributed by atoms with van der Waals surface area (Å²) in [6, 6.07) is 4.37. The van der Waals surface area contributed by atoms with Gasteiger partial charge in [0.15, 0.2) is 0 Å². The number of nitro groups is 1. The molecule has 98 valence electrons. The lowest BCUT2D eigenvalue weighted by Gasteiger charge is -2.23. The molecule has 4 N–H and O–H groups in total. The Bertz CT molecular complexity index is 456. The van der Waals surface area contributed by atoms with Crippen molar-refractivity contribution in [1.82, 2.24) is 0 Å². The lowest BCUT2D eigenvalue weighted by Crippen LogP contribution is -2.33. The number of nitrogen functional groups attached to an aromatic ring is 1. The van der Waals surface area contributed by atoms with Crippen LogP contribution in [0.4, 0.5) is 17.1 Å². The molecule has 0 heterocycles. The van der Waals surface area contributed by atoms with E-state index in [1.54, 1.807) is 6.07 Å². The number of nitro benzene ring substituents is 1. The summed E-state index contributed by atoms with van der Waals surface area (Å²) in [5, 5.41) is 23.9. The van der Waals surface area contributed by atoms with Crippen LogP contribution in [0.2, 0.25) is 0 Å². The molecule has 0 amide bonds. The number of hydrogen-bond acceptors (Lipinski definition) is 5. The highest BCUT2D eigenvalue weighted by Gasteiger charge is 2.30. The molecule has 0 spiro atoms. The van der Waals surface area contributed by atoms with Gasteiger partial charge in [0.1, 0.15) is 0 Å². The maximum Gasteiger partial charge on any atom is 0.273 e. The van der Waals surface area contributed by atoms with Gasteiger partial charge in [-0.1, -0.05) is 12.8 Å². The summed E-state index contributed by atoms with van der Waals surface area (Å²) in [6.45, 7) is 0.396. The van der Waals surface area contributed by atoms with Crippen LogP contribution in [-0.2, 0) is 0 Å². The molecule has 0 bridgehead atoms. The van der Waals surface area contributed by atoms with Crippen molar-refractivity contribution in [3.63, 3.8) is 0 Å². The highest BCUT2D eigenvalue weighted by atomic mass is 16.6. The molecule has 6 heteroatoms. The molecule has 6 nitrogen and oxygen atoms in total. The third kappa shape index (κ3) is 2.89. The van der Waals surface area contributed by atoms with E-state index in [4.69, 9.17) is 5.73 Å². The molecular weight excluding hydrogens is 234 g/mol. The zero-order chi connectivity index (χ0) is 13.2. The molecule has 0 aliphatic heterocycles. The number of nitrogens with zero attached hydrogens (tertiary/aromatic N) is 1. The van der Waals surface area contributed by atoms with Gasteiger partial charge in [-0.05, 0) is 18.9 Å². The molecule has 1 aromatic rings. The predicted octanol–water partition coefficient (Wildman–Crippen LogP) is 1.89. The van der Waals surface area contributed by atoms with Crippen molar-refractivity contribution in [2.45, 2.75) is 31.3 Å². The first-order valence-electron chi connectivity index (χ1n) is 6.00. The number of aliphatic hydroxyl groups is 1. The SMILES string of the molecule is Nc1cc(NCC2(O)CCCC2)cc([N+](=O)[O-])c1. The van der Waals surface area contributed by atoms with E-state index in [0.29, 0.717) is 17.9 Å². The van der Waals surface area contributed by atoms with E-state index in [1.165, 1.54) is 12.1 Å². The zero-order valence-corrected chi connectivity index (χ0v) is 10.1. The highest BCUT2D eigenvalue weighted by molar-refractivity contribution is 5.61. The quantitative estimate of drug-likeness (QED) is 0.431. The van der Waals surface area contributed by atoms with Gasteiger partial charge in [-0.25, -0.2) is 0 Å². The fourth-order valence-corrected chi connectivity index (χ4v) is 2.32. The number of rotatable bonds is 4. The van der Waals surface area contributed by atoms with Gasteiger partial charge in [0.05, 0.1) is 10.5 Å². The average molecular weight is 251 g/mol. The zero-order valence-electron chi connectivity index (χ0n) is 10.1. The van der Waals surface area contributed by atoms with Gasteiger partial charge in [0.25, 0.3) is 5.69 Å². The minimum Gasteiger partial charge on any atom is -0.398 e. The molecule has 0 unspecified atom stereocenters. The van der Waals surface area contributed by atoms with Gasteiger partial charge < -0.3 is 16.2 Å². The van der Waals surface area contributed by atoms with Crippen molar-refractivity contribution in [2.24, 2.45) is 0 Å². The van der Waals surface area contributed by atoms with Gasteiger partial charge in [-0.2, -0.15) is 0 Å². The number of nitrogens with one attached hydrogen (secondary N) is 1. The third-order valence-electron chi connectivity index (χ3n) is 3.31. The van der Waals surface area contributed by atoms with Crippen molar-refractivity contribution >= 4 is 17.1 Å². The van der Waals surface area contributed by atoms with Crippen molar-refractivity contribution in [3.05, 3.63) is 28.3 Å². The summed E-state index contributed by atoms with van der Waals surface area (Å²) in [4.78, 5) is 10.2. The van der Waals surface area contributed by atoms with Crippen molar-refractivity contribution in [2.75, 3.05) is 17.6 Å². The molecule has 0 atom stereocenters. The molecule has 1 aromatic carbocycles. The minimum absolute atomic E-state index is 0.0455. The molecule has 0 saturated heterocycles. The Hall–Kier alpha value is -1.82. The van der Waals surface area contributed by atoms with Gasteiger partial charge in [0.2, 0.25) is 0 Å². The molecule has 1 fully saturated rings. The van der Waals surface area contributed by atoms with Gasteiger partial charge >= 0.3 is 0 Å². The summed E-state index contributed by atoms with van der Waals surface area (Å²) in [7, 11) is 0. The second-order valence-corrected chi connectivity index (χ2v) is 4.86. The third-order valence-corrected chi connectivity index (χ3v) is 3.31. The van der Waals surface area contributed by atoms with E-state index in [1.807, 2.05) is 0 Å². The van der Waals surface area contributed by atoms with Crippen LogP contribution in [0, 0.1) is 10.1 Å². The van der Waals surface area contributed by atoms with E-state index in [-0.39, 0.29) is 5.69 Å². The second kappa shape index (κ2) is 4.81. The number of anilines is 2. The summed E-state index contributed by atoms with van der Waals surface area (Å²) in [5.41, 5.74) is 5.78. The summed E-state index contributed by atoms with van der Waals surface area (Å²) in [5.74, 6) is 0. The molecule has 0 aromatic heterocycles. The monoisotopic (exact) mass is 251 g/mol. The Kier molecular flexibility index (Phi) is 3.38. The standard InChI is InChI=1S/C12H17N3O3/c13-9-5-10(7-11(6-9)15(17)18)14-8-12(16)3-1-2-4-12/h5-7,14,16H,1-4,8,13H2. The lowest BCUT2D eigenvalue weighted by molar-refractivity contribution is -0.384. The first-order valence-corrected chi connectivity index (χ1v) is 6.00. The number of hydrogen-bond donors (Lipinski definition) is 3. The number of non-ortho nitro benzene ring substituents is 1. The van der Waals surface area contributed by atoms with Crippen molar-refractivity contribution < 1.29 is 10.0 Å².